The Morgan fingerprint density at radius 1 is 1.24 bits per heavy atom. The predicted molar refractivity (Wildman–Crippen MR) is 73.0 cm³/mol. The first-order valence-corrected chi connectivity index (χ1v) is 6.43. The molecule has 1 aromatic rings. The highest BCUT2D eigenvalue weighted by Gasteiger charge is 2.21. The van der Waals surface area contributed by atoms with Crippen molar-refractivity contribution in [3.05, 3.63) is 11.9 Å². The highest BCUT2D eigenvalue weighted by Crippen LogP contribution is 2.25. The molecule has 1 rings (SSSR count). The Bertz CT molecular complexity index is 358. The molecule has 0 bridgehead atoms. The average Bonchev–Trinajstić information content (AvgIpc) is 2.33. The first-order valence-electron chi connectivity index (χ1n) is 6.43. The Morgan fingerprint density at radius 3 is 2.41 bits per heavy atom. The number of aromatic nitrogens is 2. The topological polar surface area (TPSA) is 63.8 Å². The first-order chi connectivity index (χ1) is 8.06. The van der Waals surface area contributed by atoms with Gasteiger partial charge in [-0.2, -0.15) is 0 Å². The van der Waals surface area contributed by atoms with Crippen LogP contribution in [0.3, 0.4) is 0 Å². The molecule has 0 unspecified atom stereocenters. The number of hydrogen-bond donors (Lipinski definition) is 2. The summed E-state index contributed by atoms with van der Waals surface area (Å²) in [6.45, 7) is 8.71. The van der Waals surface area contributed by atoms with Crippen LogP contribution in [-0.2, 0) is 6.42 Å². The van der Waals surface area contributed by atoms with Gasteiger partial charge >= 0.3 is 0 Å². The zero-order valence-corrected chi connectivity index (χ0v) is 11.4. The maximum Gasteiger partial charge on any atom is 0.135 e. The predicted octanol–water partition coefficient (Wildman–Crippen LogP) is 3.00. The number of rotatable bonds is 6. The van der Waals surface area contributed by atoms with Gasteiger partial charge in [-0.3, -0.25) is 0 Å². The largest absolute Gasteiger partial charge is 0.383 e. The molecule has 17 heavy (non-hydrogen) atoms. The van der Waals surface area contributed by atoms with E-state index < -0.39 is 0 Å². The van der Waals surface area contributed by atoms with Crippen molar-refractivity contribution in [1.82, 2.24) is 9.97 Å². The van der Waals surface area contributed by atoms with E-state index in [1.165, 1.54) is 6.33 Å². The minimum Gasteiger partial charge on any atom is -0.383 e. The van der Waals surface area contributed by atoms with Crippen LogP contribution in [0.25, 0.3) is 0 Å². The van der Waals surface area contributed by atoms with Crippen molar-refractivity contribution in [2.24, 2.45) is 0 Å². The zero-order chi connectivity index (χ0) is 12.9. The van der Waals surface area contributed by atoms with E-state index in [0.29, 0.717) is 5.82 Å². The van der Waals surface area contributed by atoms with Gasteiger partial charge in [-0.15, -0.1) is 0 Å². The summed E-state index contributed by atoms with van der Waals surface area (Å²) in [5.41, 5.74) is 7.04. The lowest BCUT2D eigenvalue weighted by Crippen LogP contribution is -2.34. The molecule has 0 amide bonds. The van der Waals surface area contributed by atoms with Gasteiger partial charge in [0.1, 0.15) is 18.0 Å². The molecule has 0 radical (unpaired) electrons. The standard InChI is InChI=1S/C13H24N4/c1-5-8-10-11(14)15-9-16-12(10)17-13(4,6-2)7-3/h9H,5-8H2,1-4H3,(H3,14,15,16,17). The molecule has 3 N–H and O–H groups in total. The van der Waals surface area contributed by atoms with Crippen LogP contribution in [0, 0.1) is 0 Å². The van der Waals surface area contributed by atoms with Gasteiger partial charge in [-0.1, -0.05) is 27.2 Å². The molecule has 0 aliphatic carbocycles. The molecule has 0 fully saturated rings. The molecular formula is C13H24N4. The van der Waals surface area contributed by atoms with E-state index in [1.807, 2.05) is 0 Å². The van der Waals surface area contributed by atoms with E-state index in [-0.39, 0.29) is 5.54 Å². The van der Waals surface area contributed by atoms with Gasteiger partial charge in [0.15, 0.2) is 0 Å². The van der Waals surface area contributed by atoms with Gasteiger partial charge < -0.3 is 11.1 Å². The van der Waals surface area contributed by atoms with Crippen molar-refractivity contribution in [2.45, 2.75) is 58.9 Å². The van der Waals surface area contributed by atoms with Crippen LogP contribution in [0.2, 0.25) is 0 Å². The van der Waals surface area contributed by atoms with Crippen LogP contribution < -0.4 is 11.1 Å². The van der Waals surface area contributed by atoms with Gasteiger partial charge in [0, 0.05) is 11.1 Å². The molecule has 0 atom stereocenters. The zero-order valence-electron chi connectivity index (χ0n) is 11.4. The molecule has 96 valence electrons. The third-order valence-electron chi connectivity index (χ3n) is 3.46. The molecule has 4 heteroatoms. The highest BCUT2D eigenvalue weighted by atomic mass is 15.1. The molecule has 1 aromatic heterocycles. The molecule has 0 saturated heterocycles. The number of nitrogens with two attached hydrogens (primary N) is 1. The van der Waals surface area contributed by atoms with Crippen LogP contribution in [0.5, 0.6) is 0 Å². The van der Waals surface area contributed by atoms with Gasteiger partial charge in [-0.25, -0.2) is 9.97 Å². The Kier molecular flexibility index (Phi) is 4.73. The second-order valence-corrected chi connectivity index (χ2v) is 4.73. The first kappa shape index (κ1) is 13.7. The van der Waals surface area contributed by atoms with Gasteiger partial charge in [0.05, 0.1) is 0 Å². The highest BCUT2D eigenvalue weighted by molar-refractivity contribution is 5.56. The number of nitrogens with zero attached hydrogens (tertiary/aromatic N) is 2. The van der Waals surface area contributed by atoms with Crippen molar-refractivity contribution < 1.29 is 0 Å². The summed E-state index contributed by atoms with van der Waals surface area (Å²) in [7, 11) is 0. The smallest absolute Gasteiger partial charge is 0.135 e. The van der Waals surface area contributed by atoms with E-state index in [1.54, 1.807) is 0 Å². The van der Waals surface area contributed by atoms with E-state index in [0.717, 1.165) is 37.1 Å². The number of hydrogen-bond acceptors (Lipinski definition) is 4. The second-order valence-electron chi connectivity index (χ2n) is 4.73. The van der Waals surface area contributed by atoms with Gasteiger partial charge in [-0.05, 0) is 26.2 Å². The van der Waals surface area contributed by atoms with Crippen molar-refractivity contribution in [3.8, 4) is 0 Å². The molecular weight excluding hydrogens is 212 g/mol. The van der Waals surface area contributed by atoms with Crippen molar-refractivity contribution >= 4 is 11.6 Å². The minimum atomic E-state index is 0.0727. The number of anilines is 2. The second kappa shape index (κ2) is 5.84. The quantitative estimate of drug-likeness (QED) is 0.797. The van der Waals surface area contributed by atoms with Crippen LogP contribution in [0.4, 0.5) is 11.6 Å². The fraction of sp³-hybridized carbons (Fsp3) is 0.692. The summed E-state index contributed by atoms with van der Waals surface area (Å²) in [4.78, 5) is 8.40. The normalized spacial score (nSPS) is 11.5. The van der Waals surface area contributed by atoms with Crippen LogP contribution in [0.1, 0.15) is 52.5 Å². The number of nitrogen functional groups attached to an aromatic ring is 1. The SMILES string of the molecule is CCCc1c(N)ncnc1NC(C)(CC)CC. The molecule has 0 spiro atoms. The summed E-state index contributed by atoms with van der Waals surface area (Å²) < 4.78 is 0. The molecule has 4 nitrogen and oxygen atoms in total. The summed E-state index contributed by atoms with van der Waals surface area (Å²) in [6.07, 6.45) is 5.60. The van der Waals surface area contributed by atoms with E-state index in [2.05, 4.69) is 43.0 Å². The Morgan fingerprint density at radius 2 is 1.88 bits per heavy atom. The molecule has 0 aliphatic heterocycles. The van der Waals surface area contributed by atoms with E-state index in [4.69, 9.17) is 5.73 Å². The summed E-state index contributed by atoms with van der Waals surface area (Å²) in [5, 5.41) is 3.52. The number of nitrogens with one attached hydrogen (secondary N) is 1. The summed E-state index contributed by atoms with van der Waals surface area (Å²) >= 11 is 0. The monoisotopic (exact) mass is 236 g/mol. The summed E-state index contributed by atoms with van der Waals surface area (Å²) in [6, 6.07) is 0. The minimum absolute atomic E-state index is 0.0727. The Labute approximate surface area is 104 Å². The third-order valence-corrected chi connectivity index (χ3v) is 3.46. The molecule has 1 heterocycles. The van der Waals surface area contributed by atoms with Gasteiger partial charge in [0.25, 0.3) is 0 Å². The van der Waals surface area contributed by atoms with Crippen LogP contribution in [0.15, 0.2) is 6.33 Å². The maximum atomic E-state index is 5.92. The van der Waals surface area contributed by atoms with Crippen molar-refractivity contribution in [2.75, 3.05) is 11.1 Å². The van der Waals surface area contributed by atoms with Crippen LogP contribution in [-0.4, -0.2) is 15.5 Å². The fourth-order valence-electron chi connectivity index (χ4n) is 1.74. The molecule has 0 saturated carbocycles. The average molecular weight is 236 g/mol. The van der Waals surface area contributed by atoms with Gasteiger partial charge in [0.2, 0.25) is 0 Å². The molecule has 0 aromatic carbocycles. The third kappa shape index (κ3) is 3.32. The van der Waals surface area contributed by atoms with Crippen molar-refractivity contribution in [3.63, 3.8) is 0 Å². The summed E-state index contributed by atoms with van der Waals surface area (Å²) in [5.74, 6) is 1.49. The molecule has 0 aliphatic rings. The lowest BCUT2D eigenvalue weighted by Gasteiger charge is -2.30. The van der Waals surface area contributed by atoms with E-state index >= 15 is 0 Å². The Hall–Kier alpha value is -1.32. The fourth-order valence-corrected chi connectivity index (χ4v) is 1.74. The van der Waals surface area contributed by atoms with Crippen LogP contribution >= 0.6 is 0 Å². The van der Waals surface area contributed by atoms with E-state index in [9.17, 15) is 0 Å². The van der Waals surface area contributed by atoms with Crippen molar-refractivity contribution in [1.29, 1.82) is 0 Å². The lowest BCUT2D eigenvalue weighted by atomic mass is 9.95. The lowest BCUT2D eigenvalue weighted by molar-refractivity contribution is 0.476. The maximum absolute atomic E-state index is 5.92. The Balaban J connectivity index is 3.01.